The molecule has 2 amide bonds. The summed E-state index contributed by atoms with van der Waals surface area (Å²) in [6.45, 7) is 1.52. The molecule has 1 unspecified atom stereocenters. The molecular weight excluding hydrogens is 369 g/mol. The third-order valence-corrected chi connectivity index (χ3v) is 5.57. The van der Waals surface area contributed by atoms with Gasteiger partial charge < -0.3 is 10.2 Å². The minimum atomic E-state index is -2.83. The van der Waals surface area contributed by atoms with Gasteiger partial charge in [-0.1, -0.05) is 23.7 Å². The van der Waals surface area contributed by atoms with Gasteiger partial charge in [0.25, 0.3) is 5.91 Å². The molecule has 26 heavy (non-hydrogen) atoms. The summed E-state index contributed by atoms with van der Waals surface area (Å²) in [5, 5.41) is 2.86. The maximum atomic E-state index is 14.3. The number of likely N-dealkylation sites (tertiary alicyclic amines) is 1. The van der Waals surface area contributed by atoms with Gasteiger partial charge in [0.05, 0.1) is 23.2 Å². The number of hydrogen-bond acceptors (Lipinski definition) is 2. The molecular formula is C18H20ClF3N2O2. The topological polar surface area (TPSA) is 49.4 Å². The molecule has 0 aromatic heterocycles. The third kappa shape index (κ3) is 3.82. The van der Waals surface area contributed by atoms with E-state index in [1.807, 2.05) is 0 Å². The van der Waals surface area contributed by atoms with Crippen molar-refractivity contribution >= 4 is 23.4 Å². The summed E-state index contributed by atoms with van der Waals surface area (Å²) in [6, 6.07) is 4.08. The van der Waals surface area contributed by atoms with Crippen molar-refractivity contribution in [2.45, 2.75) is 44.3 Å². The smallest absolute Gasteiger partial charge is 0.253 e. The van der Waals surface area contributed by atoms with Crippen LogP contribution in [0.5, 0.6) is 0 Å². The minimum Gasteiger partial charge on any atom is -0.344 e. The van der Waals surface area contributed by atoms with Gasteiger partial charge in [-0.2, -0.15) is 0 Å². The van der Waals surface area contributed by atoms with E-state index in [0.717, 1.165) is 5.56 Å². The van der Waals surface area contributed by atoms with Crippen LogP contribution in [0.15, 0.2) is 18.2 Å². The van der Waals surface area contributed by atoms with Gasteiger partial charge in [0.15, 0.2) is 0 Å². The van der Waals surface area contributed by atoms with Crippen molar-refractivity contribution in [1.29, 1.82) is 0 Å². The maximum absolute atomic E-state index is 14.3. The monoisotopic (exact) mass is 388 g/mol. The fraction of sp³-hybridized carbons (Fsp3) is 0.556. The average Bonchev–Trinajstić information content (AvgIpc) is 3.12. The molecule has 1 heterocycles. The molecule has 0 spiro atoms. The zero-order valence-electron chi connectivity index (χ0n) is 14.3. The molecule has 4 nitrogen and oxygen atoms in total. The second-order valence-electron chi connectivity index (χ2n) is 7.07. The molecule has 1 aromatic rings. The van der Waals surface area contributed by atoms with Crippen LogP contribution in [0.4, 0.5) is 13.2 Å². The number of amides is 2. The van der Waals surface area contributed by atoms with Crippen LogP contribution in [0.25, 0.3) is 0 Å². The minimum absolute atomic E-state index is 0.0305. The van der Waals surface area contributed by atoms with E-state index in [1.54, 1.807) is 19.1 Å². The molecule has 8 heteroatoms. The molecule has 2 aliphatic rings. The molecule has 0 radical (unpaired) electrons. The number of nitrogens with one attached hydrogen (secondary N) is 1. The molecule has 142 valence electrons. The van der Waals surface area contributed by atoms with E-state index in [4.69, 9.17) is 11.6 Å². The van der Waals surface area contributed by atoms with E-state index in [1.165, 1.54) is 11.0 Å². The van der Waals surface area contributed by atoms with Crippen LogP contribution in [0.2, 0.25) is 5.02 Å². The van der Waals surface area contributed by atoms with Crippen LogP contribution in [0, 0.1) is 12.8 Å². The lowest BCUT2D eigenvalue weighted by molar-refractivity contribution is -0.135. The Morgan fingerprint density at radius 2 is 2.04 bits per heavy atom. The van der Waals surface area contributed by atoms with Crippen molar-refractivity contribution in [3.05, 3.63) is 34.3 Å². The maximum Gasteiger partial charge on any atom is 0.253 e. The summed E-state index contributed by atoms with van der Waals surface area (Å²) in [5.41, 5.74) is 0.959. The Bertz CT molecular complexity index is 728. The first-order valence-electron chi connectivity index (χ1n) is 8.54. The second-order valence-corrected chi connectivity index (χ2v) is 7.45. The number of benzene rings is 1. The molecule has 2 fully saturated rings. The van der Waals surface area contributed by atoms with Crippen molar-refractivity contribution in [1.82, 2.24) is 10.2 Å². The van der Waals surface area contributed by atoms with Gasteiger partial charge in [0.1, 0.15) is 6.17 Å². The van der Waals surface area contributed by atoms with Gasteiger partial charge >= 0.3 is 0 Å². The lowest BCUT2D eigenvalue weighted by Crippen LogP contribution is -2.42. The number of aryl methyl sites for hydroxylation is 1. The highest BCUT2D eigenvalue weighted by molar-refractivity contribution is 6.34. The highest BCUT2D eigenvalue weighted by atomic mass is 35.5. The van der Waals surface area contributed by atoms with E-state index < -0.39 is 42.3 Å². The Balaban J connectivity index is 1.63. The van der Waals surface area contributed by atoms with Gasteiger partial charge in [-0.05, 0) is 25.0 Å². The van der Waals surface area contributed by atoms with E-state index >= 15 is 0 Å². The molecule has 1 aromatic carbocycles. The number of halogens is 4. The molecule has 3 atom stereocenters. The summed E-state index contributed by atoms with van der Waals surface area (Å²) in [6.07, 6.45) is -2.15. The number of hydrogen-bond donors (Lipinski definition) is 1. The highest BCUT2D eigenvalue weighted by Gasteiger charge is 2.46. The van der Waals surface area contributed by atoms with Crippen LogP contribution >= 0.6 is 11.6 Å². The summed E-state index contributed by atoms with van der Waals surface area (Å²) >= 11 is 6.11. The zero-order valence-corrected chi connectivity index (χ0v) is 15.0. The lowest BCUT2D eigenvalue weighted by atomic mass is 10.1. The quantitative estimate of drug-likeness (QED) is 0.863. The Morgan fingerprint density at radius 1 is 1.31 bits per heavy atom. The number of nitrogens with zero attached hydrogens (tertiary/aromatic N) is 1. The molecule has 1 N–H and O–H groups in total. The third-order valence-electron chi connectivity index (χ3n) is 5.07. The Morgan fingerprint density at radius 3 is 2.69 bits per heavy atom. The van der Waals surface area contributed by atoms with Crippen LogP contribution in [0.1, 0.15) is 35.2 Å². The summed E-state index contributed by atoms with van der Waals surface area (Å²) in [4.78, 5) is 26.0. The number of carbonyl (C=O) groups excluding carboxylic acids is 2. The Kier molecular flexibility index (Phi) is 5.19. The Hall–Kier alpha value is -1.76. The van der Waals surface area contributed by atoms with Gasteiger partial charge in [-0.15, -0.1) is 0 Å². The molecule has 1 saturated heterocycles. The van der Waals surface area contributed by atoms with Crippen molar-refractivity contribution in [2.75, 3.05) is 13.1 Å². The van der Waals surface area contributed by atoms with Crippen LogP contribution in [0.3, 0.4) is 0 Å². The summed E-state index contributed by atoms with van der Waals surface area (Å²) in [5.74, 6) is -4.59. The molecule has 3 rings (SSSR count). The highest BCUT2D eigenvalue weighted by Crippen LogP contribution is 2.40. The SMILES string of the molecule is Cc1cccc(C(=O)N[C@@H]2CN(C(=O)C3CCC(F)(F)C3)C[C@@H]2F)c1Cl. The van der Waals surface area contributed by atoms with Gasteiger partial charge in [0, 0.05) is 25.3 Å². The van der Waals surface area contributed by atoms with Crippen molar-refractivity contribution in [2.24, 2.45) is 5.92 Å². The number of rotatable bonds is 3. The predicted octanol–water partition coefficient (Wildman–Crippen LogP) is 3.36. The van der Waals surface area contributed by atoms with Crippen molar-refractivity contribution in [3.8, 4) is 0 Å². The second kappa shape index (κ2) is 7.10. The fourth-order valence-corrected chi connectivity index (χ4v) is 3.78. The number of carbonyl (C=O) groups is 2. The van der Waals surface area contributed by atoms with E-state index in [-0.39, 0.29) is 31.5 Å². The zero-order chi connectivity index (χ0) is 19.1. The van der Waals surface area contributed by atoms with Gasteiger partial charge in [-0.25, -0.2) is 13.2 Å². The lowest BCUT2D eigenvalue weighted by Gasteiger charge is -2.20. The fourth-order valence-electron chi connectivity index (χ4n) is 3.57. The first-order chi connectivity index (χ1) is 12.2. The first kappa shape index (κ1) is 19.0. The van der Waals surface area contributed by atoms with Crippen LogP contribution in [-0.4, -0.2) is 47.9 Å². The van der Waals surface area contributed by atoms with Crippen molar-refractivity contribution in [3.63, 3.8) is 0 Å². The average molecular weight is 389 g/mol. The van der Waals surface area contributed by atoms with E-state index in [9.17, 15) is 22.8 Å². The molecule has 1 aliphatic carbocycles. The van der Waals surface area contributed by atoms with Gasteiger partial charge in [0.2, 0.25) is 11.8 Å². The molecule has 1 aliphatic heterocycles. The van der Waals surface area contributed by atoms with Crippen LogP contribution in [-0.2, 0) is 4.79 Å². The van der Waals surface area contributed by atoms with Crippen molar-refractivity contribution < 1.29 is 22.8 Å². The van der Waals surface area contributed by atoms with E-state index in [2.05, 4.69) is 5.32 Å². The predicted molar refractivity (Wildman–Crippen MR) is 91.2 cm³/mol. The largest absolute Gasteiger partial charge is 0.344 e. The first-order valence-corrected chi connectivity index (χ1v) is 8.92. The Labute approximate surface area is 154 Å². The van der Waals surface area contributed by atoms with Crippen LogP contribution < -0.4 is 5.32 Å². The molecule has 0 bridgehead atoms. The normalized spacial score (nSPS) is 27.6. The standard InChI is InChI=1S/C18H20ClF3N2O2/c1-10-3-2-4-12(15(10)19)16(25)23-14-9-24(8-13(14)20)17(26)11-5-6-18(21,22)7-11/h2-4,11,13-14H,5-9H2,1H3,(H,23,25)/t11?,13-,14+/m0/s1. The number of alkyl halides is 3. The summed E-state index contributed by atoms with van der Waals surface area (Å²) < 4.78 is 40.9. The van der Waals surface area contributed by atoms with Gasteiger partial charge in [-0.3, -0.25) is 9.59 Å². The van der Waals surface area contributed by atoms with E-state index in [0.29, 0.717) is 5.02 Å². The molecule has 1 saturated carbocycles. The summed E-state index contributed by atoms with van der Waals surface area (Å²) in [7, 11) is 0.